The predicted molar refractivity (Wildman–Crippen MR) is 115 cm³/mol. The van der Waals surface area contributed by atoms with E-state index in [9.17, 15) is 26.4 Å². The Hall–Kier alpha value is -2.06. The molecule has 0 spiro atoms. The molecule has 9 heteroatoms. The average molecular weight is 474 g/mol. The van der Waals surface area contributed by atoms with Gasteiger partial charge in [0.1, 0.15) is 0 Å². The van der Waals surface area contributed by atoms with E-state index < -0.39 is 28.3 Å². The highest BCUT2D eigenvalue weighted by molar-refractivity contribution is 7.92. The van der Waals surface area contributed by atoms with Crippen molar-refractivity contribution in [2.45, 2.75) is 37.8 Å². The third-order valence-electron chi connectivity index (χ3n) is 5.66. The number of rotatable bonds is 6. The van der Waals surface area contributed by atoms with Crippen LogP contribution in [-0.4, -0.2) is 27.0 Å². The Kier molecular flexibility index (Phi) is 7.01. The number of carbonyl (C=O) groups excluding carboxylic acids is 1. The summed E-state index contributed by atoms with van der Waals surface area (Å²) in [6.45, 7) is -0.480. The Morgan fingerprint density at radius 1 is 1.06 bits per heavy atom. The summed E-state index contributed by atoms with van der Waals surface area (Å²) in [5.74, 6) is -0.338. The minimum atomic E-state index is -4.61. The van der Waals surface area contributed by atoms with Crippen LogP contribution < -0.4 is 4.31 Å². The monoisotopic (exact) mass is 473 g/mol. The Bertz CT molecular complexity index is 1050. The third-order valence-corrected chi connectivity index (χ3v) is 7.04. The maximum atomic E-state index is 13.0. The summed E-state index contributed by atoms with van der Waals surface area (Å²) in [4.78, 5) is 12.9. The van der Waals surface area contributed by atoms with Crippen LogP contribution in [0.3, 0.4) is 0 Å². The highest BCUT2D eigenvalue weighted by atomic mass is 35.5. The zero-order chi connectivity index (χ0) is 22.8. The summed E-state index contributed by atoms with van der Waals surface area (Å²) in [5.41, 5.74) is -0.0217. The van der Waals surface area contributed by atoms with Crippen LogP contribution in [0, 0.1) is 5.92 Å². The lowest BCUT2D eigenvalue weighted by atomic mass is 9.77. The van der Waals surface area contributed by atoms with Gasteiger partial charge in [0.25, 0.3) is 0 Å². The highest BCUT2D eigenvalue weighted by Crippen LogP contribution is 2.37. The quantitative estimate of drug-likeness (QED) is 0.543. The van der Waals surface area contributed by atoms with Gasteiger partial charge in [-0.1, -0.05) is 29.8 Å². The standard InChI is InChI=1S/C22H23ClF3NO3S/c1-31(29,30)27(20-7-3-5-18(13-20)22(24,25)26)14-21(28)16-10-8-15(9-11-16)17-4-2-6-19(23)12-17/h2-7,12-13,15-16H,8-11,14H2,1H3. The average Bonchev–Trinajstić information content (AvgIpc) is 2.70. The van der Waals surface area contributed by atoms with Gasteiger partial charge in [0.05, 0.1) is 24.1 Å². The molecule has 1 aliphatic rings. The van der Waals surface area contributed by atoms with Crippen LogP contribution in [0.5, 0.6) is 0 Å². The van der Waals surface area contributed by atoms with E-state index in [-0.39, 0.29) is 23.3 Å². The smallest absolute Gasteiger partial charge is 0.297 e. The number of alkyl halides is 3. The number of hydrogen-bond acceptors (Lipinski definition) is 3. The van der Waals surface area contributed by atoms with Gasteiger partial charge in [-0.2, -0.15) is 13.2 Å². The largest absolute Gasteiger partial charge is 0.416 e. The number of halogens is 4. The second-order valence-electron chi connectivity index (χ2n) is 7.89. The Morgan fingerprint density at radius 2 is 1.71 bits per heavy atom. The fourth-order valence-corrected chi connectivity index (χ4v) is 5.07. The summed E-state index contributed by atoms with van der Waals surface area (Å²) >= 11 is 6.05. The molecule has 2 aromatic carbocycles. The lowest BCUT2D eigenvalue weighted by Gasteiger charge is -2.30. The predicted octanol–water partition coefficient (Wildman–Crippen LogP) is 5.67. The highest BCUT2D eigenvalue weighted by Gasteiger charge is 2.33. The molecule has 0 saturated heterocycles. The van der Waals surface area contributed by atoms with E-state index >= 15 is 0 Å². The van der Waals surface area contributed by atoms with Crippen molar-refractivity contribution in [1.82, 2.24) is 0 Å². The molecule has 1 aliphatic carbocycles. The first-order valence-corrected chi connectivity index (χ1v) is 12.1. The third kappa shape index (κ3) is 6.01. The van der Waals surface area contributed by atoms with E-state index in [2.05, 4.69) is 0 Å². The summed E-state index contributed by atoms with van der Waals surface area (Å²) in [5, 5.41) is 0.653. The van der Waals surface area contributed by atoms with Crippen molar-refractivity contribution in [3.8, 4) is 0 Å². The van der Waals surface area contributed by atoms with Gasteiger partial charge in [-0.25, -0.2) is 8.42 Å². The van der Waals surface area contributed by atoms with Crippen molar-refractivity contribution in [1.29, 1.82) is 0 Å². The number of Topliss-reactive ketones (excluding diaryl/α,β-unsaturated/α-hetero) is 1. The first-order valence-electron chi connectivity index (χ1n) is 9.88. The van der Waals surface area contributed by atoms with Gasteiger partial charge in [-0.3, -0.25) is 9.10 Å². The molecule has 4 nitrogen and oxygen atoms in total. The summed E-state index contributed by atoms with van der Waals surface area (Å²) < 4.78 is 64.4. The second kappa shape index (κ2) is 9.20. The molecule has 2 aromatic rings. The van der Waals surface area contributed by atoms with E-state index in [1.165, 1.54) is 6.07 Å². The van der Waals surface area contributed by atoms with Crippen LogP contribution in [0.2, 0.25) is 5.02 Å². The number of hydrogen-bond donors (Lipinski definition) is 0. The summed E-state index contributed by atoms with van der Waals surface area (Å²) in [6.07, 6.45) is -1.01. The molecule has 31 heavy (non-hydrogen) atoms. The van der Waals surface area contributed by atoms with Gasteiger partial charge in [-0.15, -0.1) is 0 Å². The lowest BCUT2D eigenvalue weighted by Crippen LogP contribution is -2.38. The van der Waals surface area contributed by atoms with Crippen LogP contribution in [0.1, 0.15) is 42.7 Å². The maximum Gasteiger partial charge on any atom is 0.416 e. The van der Waals surface area contributed by atoms with Gasteiger partial charge in [0.15, 0.2) is 5.78 Å². The maximum absolute atomic E-state index is 13.0. The van der Waals surface area contributed by atoms with Gasteiger partial charge in [0, 0.05) is 10.9 Å². The zero-order valence-corrected chi connectivity index (χ0v) is 18.5. The molecule has 1 saturated carbocycles. The minimum absolute atomic E-state index is 0.168. The Labute approximate surface area is 185 Å². The first-order chi connectivity index (χ1) is 14.4. The minimum Gasteiger partial charge on any atom is -0.297 e. The van der Waals surface area contributed by atoms with Gasteiger partial charge in [-0.05, 0) is 67.5 Å². The molecular weight excluding hydrogens is 451 g/mol. The van der Waals surface area contributed by atoms with E-state index in [4.69, 9.17) is 11.6 Å². The fraction of sp³-hybridized carbons (Fsp3) is 0.409. The molecule has 0 atom stereocenters. The number of sulfonamides is 1. The molecule has 0 N–H and O–H groups in total. The van der Waals surface area contributed by atoms with Crippen molar-refractivity contribution in [3.63, 3.8) is 0 Å². The topological polar surface area (TPSA) is 54.5 Å². The molecule has 168 valence electrons. The molecule has 0 bridgehead atoms. The number of ketones is 1. The fourth-order valence-electron chi connectivity index (χ4n) is 4.02. The molecule has 0 heterocycles. The van der Waals surface area contributed by atoms with Crippen LogP contribution in [0.15, 0.2) is 48.5 Å². The summed E-state index contributed by atoms with van der Waals surface area (Å²) in [7, 11) is -3.94. The summed E-state index contributed by atoms with van der Waals surface area (Å²) in [6, 6.07) is 11.6. The number of nitrogens with zero attached hydrogens (tertiary/aromatic N) is 1. The second-order valence-corrected chi connectivity index (χ2v) is 10.2. The molecule has 0 aromatic heterocycles. The van der Waals surface area contributed by atoms with Gasteiger partial charge >= 0.3 is 6.18 Å². The molecule has 3 rings (SSSR count). The molecule has 1 fully saturated rings. The first kappa shape index (κ1) is 23.6. The number of anilines is 1. The lowest BCUT2D eigenvalue weighted by molar-refractivity contribution is -0.137. The number of carbonyl (C=O) groups is 1. The van der Waals surface area contributed by atoms with Gasteiger partial charge < -0.3 is 0 Å². The molecular formula is C22H23ClF3NO3S. The molecule has 0 radical (unpaired) electrons. The molecule has 0 unspecified atom stereocenters. The van der Waals surface area contributed by atoms with Crippen LogP contribution in [-0.2, 0) is 21.0 Å². The van der Waals surface area contributed by atoms with Crippen molar-refractivity contribution in [2.24, 2.45) is 5.92 Å². The van der Waals surface area contributed by atoms with E-state index in [1.807, 2.05) is 18.2 Å². The normalized spacial score (nSPS) is 19.8. The van der Waals surface area contributed by atoms with Crippen LogP contribution >= 0.6 is 11.6 Å². The van der Waals surface area contributed by atoms with Crippen LogP contribution in [0.25, 0.3) is 0 Å². The van der Waals surface area contributed by atoms with Crippen molar-refractivity contribution >= 4 is 33.1 Å². The van der Waals surface area contributed by atoms with Gasteiger partial charge in [0.2, 0.25) is 10.0 Å². The van der Waals surface area contributed by atoms with E-state index in [1.54, 1.807) is 6.07 Å². The molecule has 0 aliphatic heterocycles. The molecule has 0 amide bonds. The van der Waals surface area contributed by atoms with Crippen LogP contribution in [0.4, 0.5) is 18.9 Å². The van der Waals surface area contributed by atoms with Crippen molar-refractivity contribution in [3.05, 3.63) is 64.7 Å². The van der Waals surface area contributed by atoms with Crippen molar-refractivity contribution in [2.75, 3.05) is 17.1 Å². The van der Waals surface area contributed by atoms with Crippen molar-refractivity contribution < 1.29 is 26.4 Å². The van der Waals surface area contributed by atoms with E-state index in [0.29, 0.717) is 17.9 Å². The Balaban J connectivity index is 1.71. The van der Waals surface area contributed by atoms with E-state index in [0.717, 1.165) is 47.2 Å². The number of benzene rings is 2. The zero-order valence-electron chi connectivity index (χ0n) is 16.9. The SMILES string of the molecule is CS(=O)(=O)N(CC(=O)C1CCC(c2cccc(Cl)c2)CC1)c1cccc(C(F)(F)F)c1. The Morgan fingerprint density at radius 3 is 2.29 bits per heavy atom.